The minimum Gasteiger partial charge on any atom is -0.493 e. The predicted molar refractivity (Wildman–Crippen MR) is 141 cm³/mol. The van der Waals surface area contributed by atoms with Gasteiger partial charge in [-0.2, -0.15) is 5.10 Å². The Kier molecular flexibility index (Phi) is 6.17. The summed E-state index contributed by atoms with van der Waals surface area (Å²) in [5, 5.41) is 14.1. The highest BCUT2D eigenvalue weighted by Crippen LogP contribution is 2.40. The number of aromatic nitrogens is 5. The molecule has 5 heterocycles. The van der Waals surface area contributed by atoms with Crippen LogP contribution in [0.4, 0.5) is 0 Å². The second-order valence-electron chi connectivity index (χ2n) is 10.7. The maximum atomic E-state index is 9.75. The van der Waals surface area contributed by atoms with Crippen molar-refractivity contribution in [2.75, 3.05) is 20.3 Å². The Bertz CT molecular complexity index is 1370. The molecule has 1 aliphatic heterocycles. The molecule has 4 aromatic heterocycles. The zero-order chi connectivity index (χ0) is 24.8. The number of nitrogens with one attached hydrogen (secondary N) is 1. The predicted octanol–water partition coefficient (Wildman–Crippen LogP) is 4.89. The van der Waals surface area contributed by atoms with Gasteiger partial charge in [-0.1, -0.05) is 13.8 Å². The standard InChI is InChI=1S/C28H36N6O2/c1-17(2)25-26(19-13-24(36-3)28-29-16-30-34(28)14-19)32-23-11-10-22(31-27(23)25)18-6-8-20(9-7-18)33-12-4-5-21(33)15-35/h10-11,13-14,16-18,20-21,32,35H,4-9,12,15H2,1-3H3/t18?,20?,21-/m0/s1. The van der Waals surface area contributed by atoms with Gasteiger partial charge in [0.1, 0.15) is 6.33 Å². The summed E-state index contributed by atoms with van der Waals surface area (Å²) in [6.07, 6.45) is 10.6. The highest BCUT2D eigenvalue weighted by molar-refractivity contribution is 5.89. The molecule has 1 aliphatic carbocycles. The average molecular weight is 489 g/mol. The number of hydrogen-bond donors (Lipinski definition) is 2. The lowest BCUT2D eigenvalue weighted by molar-refractivity contribution is 0.0942. The molecular weight excluding hydrogens is 452 g/mol. The number of fused-ring (bicyclic) bond motifs is 2. The van der Waals surface area contributed by atoms with Crippen molar-refractivity contribution in [1.82, 2.24) is 29.5 Å². The molecule has 2 aliphatic rings. The molecule has 0 spiro atoms. The third-order valence-corrected chi connectivity index (χ3v) is 8.35. The maximum Gasteiger partial charge on any atom is 0.197 e. The fourth-order valence-electron chi connectivity index (χ4n) is 6.54. The first-order valence-electron chi connectivity index (χ1n) is 13.3. The highest BCUT2D eigenvalue weighted by Gasteiger charge is 2.33. The second kappa shape index (κ2) is 9.48. The largest absolute Gasteiger partial charge is 0.493 e. The minimum atomic E-state index is 0.293. The smallest absolute Gasteiger partial charge is 0.197 e. The van der Waals surface area contributed by atoms with Gasteiger partial charge in [-0.25, -0.2) is 9.50 Å². The fraction of sp³-hybridized carbons (Fsp3) is 0.536. The lowest BCUT2D eigenvalue weighted by Crippen LogP contribution is -2.42. The lowest BCUT2D eigenvalue weighted by atomic mass is 9.83. The summed E-state index contributed by atoms with van der Waals surface area (Å²) < 4.78 is 7.38. The van der Waals surface area contributed by atoms with Crippen LogP contribution >= 0.6 is 0 Å². The van der Waals surface area contributed by atoms with Crippen LogP contribution in [0.1, 0.15) is 75.5 Å². The molecule has 8 heteroatoms. The first-order chi connectivity index (χ1) is 17.6. The molecule has 0 amide bonds. The van der Waals surface area contributed by atoms with E-state index in [1.54, 1.807) is 18.0 Å². The van der Waals surface area contributed by atoms with Gasteiger partial charge in [-0.3, -0.25) is 9.88 Å². The summed E-state index contributed by atoms with van der Waals surface area (Å²) in [6, 6.07) is 7.42. The molecule has 0 bridgehead atoms. The molecule has 1 saturated heterocycles. The van der Waals surface area contributed by atoms with Crippen molar-refractivity contribution in [3.8, 4) is 17.0 Å². The van der Waals surface area contributed by atoms with E-state index >= 15 is 0 Å². The van der Waals surface area contributed by atoms with Crippen molar-refractivity contribution in [3.05, 3.63) is 42.0 Å². The van der Waals surface area contributed by atoms with Crippen molar-refractivity contribution in [2.45, 2.75) is 76.3 Å². The Morgan fingerprint density at radius 3 is 2.75 bits per heavy atom. The monoisotopic (exact) mass is 488 g/mol. The van der Waals surface area contributed by atoms with Gasteiger partial charge in [-0.05, 0) is 69.2 Å². The van der Waals surface area contributed by atoms with Gasteiger partial charge in [-0.15, -0.1) is 0 Å². The molecule has 6 rings (SSSR count). The van der Waals surface area contributed by atoms with Crippen LogP contribution in [0.5, 0.6) is 5.75 Å². The summed E-state index contributed by atoms with van der Waals surface area (Å²) in [4.78, 5) is 15.8. The molecule has 0 aromatic carbocycles. The normalized spacial score (nSPS) is 23.3. The zero-order valence-electron chi connectivity index (χ0n) is 21.4. The third-order valence-electron chi connectivity index (χ3n) is 8.35. The van der Waals surface area contributed by atoms with E-state index in [1.165, 1.54) is 30.5 Å². The van der Waals surface area contributed by atoms with E-state index in [1.807, 2.05) is 12.3 Å². The SMILES string of the molecule is COc1cc(-c2[nH]c3ccc(C4CCC(N5CCC[C@H]5CO)CC4)nc3c2C(C)C)cn2ncnc12. The van der Waals surface area contributed by atoms with Crippen molar-refractivity contribution in [3.63, 3.8) is 0 Å². The van der Waals surface area contributed by atoms with E-state index in [9.17, 15) is 5.11 Å². The number of hydrogen-bond acceptors (Lipinski definition) is 6. The van der Waals surface area contributed by atoms with Crippen LogP contribution in [0.15, 0.2) is 30.7 Å². The molecule has 1 atom stereocenters. The first-order valence-corrected chi connectivity index (χ1v) is 13.3. The van der Waals surface area contributed by atoms with Gasteiger partial charge in [0.2, 0.25) is 0 Å². The molecule has 0 unspecified atom stereocenters. The van der Waals surface area contributed by atoms with Crippen LogP contribution in [0.25, 0.3) is 27.9 Å². The van der Waals surface area contributed by atoms with Crippen LogP contribution in [0, 0.1) is 0 Å². The Morgan fingerprint density at radius 1 is 1.17 bits per heavy atom. The number of aromatic amines is 1. The second-order valence-corrected chi connectivity index (χ2v) is 10.7. The summed E-state index contributed by atoms with van der Waals surface area (Å²) in [5.41, 5.74) is 7.34. The first kappa shape index (κ1) is 23.4. The number of aliphatic hydroxyl groups is 1. The number of likely N-dealkylation sites (tertiary alicyclic amines) is 1. The van der Waals surface area contributed by atoms with Crippen LogP contribution in [0.3, 0.4) is 0 Å². The van der Waals surface area contributed by atoms with E-state index in [-0.39, 0.29) is 0 Å². The number of aliphatic hydroxyl groups excluding tert-OH is 1. The Hall–Kier alpha value is -2.97. The van der Waals surface area contributed by atoms with Crippen molar-refractivity contribution >= 4 is 16.7 Å². The van der Waals surface area contributed by atoms with Crippen LogP contribution < -0.4 is 4.74 Å². The van der Waals surface area contributed by atoms with Crippen molar-refractivity contribution in [1.29, 1.82) is 0 Å². The fourth-order valence-corrected chi connectivity index (χ4v) is 6.54. The zero-order valence-corrected chi connectivity index (χ0v) is 21.4. The average Bonchev–Trinajstić information content (AvgIpc) is 3.65. The van der Waals surface area contributed by atoms with Gasteiger partial charge in [0, 0.05) is 41.0 Å². The number of rotatable bonds is 6. The van der Waals surface area contributed by atoms with E-state index in [4.69, 9.17) is 9.72 Å². The number of H-pyrrole nitrogens is 1. The Morgan fingerprint density at radius 2 is 2.00 bits per heavy atom. The van der Waals surface area contributed by atoms with E-state index < -0.39 is 0 Å². The lowest BCUT2D eigenvalue weighted by Gasteiger charge is -2.37. The molecule has 2 N–H and O–H groups in total. The number of ether oxygens (including phenoxy) is 1. The third kappa shape index (κ3) is 3.96. The molecule has 2 fully saturated rings. The molecule has 36 heavy (non-hydrogen) atoms. The number of methoxy groups -OCH3 is 1. The van der Waals surface area contributed by atoms with Gasteiger partial charge in [0.05, 0.1) is 30.4 Å². The maximum absolute atomic E-state index is 9.75. The van der Waals surface area contributed by atoms with Crippen LogP contribution in [-0.2, 0) is 0 Å². The van der Waals surface area contributed by atoms with Gasteiger partial charge in [0.25, 0.3) is 0 Å². The van der Waals surface area contributed by atoms with Gasteiger partial charge < -0.3 is 14.8 Å². The van der Waals surface area contributed by atoms with Gasteiger partial charge >= 0.3 is 0 Å². The number of nitrogens with zero attached hydrogens (tertiary/aromatic N) is 5. The minimum absolute atomic E-state index is 0.293. The molecule has 190 valence electrons. The number of pyridine rings is 2. The van der Waals surface area contributed by atoms with Crippen molar-refractivity contribution in [2.24, 2.45) is 0 Å². The quantitative estimate of drug-likeness (QED) is 0.402. The molecule has 1 saturated carbocycles. The van der Waals surface area contributed by atoms with Crippen LogP contribution in [-0.4, -0.2) is 66.9 Å². The molecule has 8 nitrogen and oxygen atoms in total. The van der Waals surface area contributed by atoms with Crippen molar-refractivity contribution < 1.29 is 9.84 Å². The summed E-state index contributed by atoms with van der Waals surface area (Å²) >= 11 is 0. The molecular formula is C28H36N6O2. The highest BCUT2D eigenvalue weighted by atomic mass is 16.5. The Labute approximate surface area is 211 Å². The van der Waals surface area contributed by atoms with E-state index in [2.05, 4.69) is 45.9 Å². The van der Waals surface area contributed by atoms with E-state index in [0.717, 1.165) is 48.1 Å². The Balaban J connectivity index is 1.31. The summed E-state index contributed by atoms with van der Waals surface area (Å²) in [6.45, 7) is 5.89. The molecule has 4 aromatic rings. The van der Waals surface area contributed by atoms with Crippen LogP contribution in [0.2, 0.25) is 0 Å². The summed E-state index contributed by atoms with van der Waals surface area (Å²) in [7, 11) is 1.67. The van der Waals surface area contributed by atoms with Gasteiger partial charge in [0.15, 0.2) is 11.4 Å². The molecule has 0 radical (unpaired) electrons. The van der Waals surface area contributed by atoms with E-state index in [0.29, 0.717) is 41.9 Å². The summed E-state index contributed by atoms with van der Waals surface area (Å²) in [5.74, 6) is 1.49. The topological polar surface area (TPSA) is 91.6 Å².